The number of aryl methyl sites for hydroxylation is 1. The number of aromatic nitrogens is 2. The lowest BCUT2D eigenvalue weighted by molar-refractivity contribution is 0.415. The van der Waals surface area contributed by atoms with Gasteiger partial charge in [-0.05, 0) is 19.1 Å². The van der Waals surface area contributed by atoms with Gasteiger partial charge in [-0.15, -0.1) is 0 Å². The van der Waals surface area contributed by atoms with Gasteiger partial charge in [-0.25, -0.2) is 4.68 Å². The highest BCUT2D eigenvalue weighted by atomic mass is 16.5. The van der Waals surface area contributed by atoms with Crippen LogP contribution in [0.4, 0.5) is 11.5 Å². The summed E-state index contributed by atoms with van der Waals surface area (Å²) >= 11 is 0. The third-order valence-corrected chi connectivity index (χ3v) is 2.32. The monoisotopic (exact) mass is 218 g/mol. The van der Waals surface area contributed by atoms with Crippen molar-refractivity contribution in [2.45, 2.75) is 6.92 Å². The van der Waals surface area contributed by atoms with E-state index >= 15 is 0 Å². The largest absolute Gasteiger partial charge is 0.497 e. The maximum atomic E-state index is 5.91. The van der Waals surface area contributed by atoms with Crippen LogP contribution in [0.1, 0.15) is 5.69 Å². The van der Waals surface area contributed by atoms with Crippen LogP contribution in [0.5, 0.6) is 5.75 Å². The molecule has 2 rings (SSSR count). The first-order chi connectivity index (χ1) is 7.61. The molecule has 0 saturated carbocycles. The number of nitrogen functional groups attached to an aromatic ring is 2. The summed E-state index contributed by atoms with van der Waals surface area (Å²) in [6.07, 6.45) is 0. The van der Waals surface area contributed by atoms with Gasteiger partial charge in [-0.3, -0.25) is 0 Å². The topological polar surface area (TPSA) is 79.1 Å². The molecule has 0 spiro atoms. The van der Waals surface area contributed by atoms with E-state index in [1.54, 1.807) is 23.9 Å². The van der Waals surface area contributed by atoms with Gasteiger partial charge in [0.15, 0.2) is 0 Å². The van der Waals surface area contributed by atoms with E-state index in [9.17, 15) is 0 Å². The minimum atomic E-state index is 0.564. The molecule has 0 atom stereocenters. The van der Waals surface area contributed by atoms with E-state index in [0.717, 1.165) is 11.4 Å². The summed E-state index contributed by atoms with van der Waals surface area (Å²) in [5.41, 5.74) is 13.9. The van der Waals surface area contributed by atoms with E-state index in [4.69, 9.17) is 16.2 Å². The number of anilines is 2. The second kappa shape index (κ2) is 3.77. The molecule has 84 valence electrons. The maximum Gasteiger partial charge on any atom is 0.127 e. The van der Waals surface area contributed by atoms with Gasteiger partial charge in [0, 0.05) is 12.1 Å². The molecule has 1 aromatic heterocycles. The fourth-order valence-corrected chi connectivity index (χ4v) is 1.56. The average Bonchev–Trinajstić information content (AvgIpc) is 2.57. The predicted molar refractivity (Wildman–Crippen MR) is 63.7 cm³/mol. The van der Waals surface area contributed by atoms with Gasteiger partial charge in [0.2, 0.25) is 0 Å². The van der Waals surface area contributed by atoms with E-state index in [1.807, 2.05) is 19.1 Å². The quantitative estimate of drug-likeness (QED) is 0.746. The van der Waals surface area contributed by atoms with Crippen molar-refractivity contribution < 1.29 is 4.74 Å². The highest BCUT2D eigenvalue weighted by Crippen LogP contribution is 2.24. The SMILES string of the molecule is COc1ccc(-n2nc(C)cc2N)c(N)c1. The zero-order valence-corrected chi connectivity index (χ0v) is 9.27. The Morgan fingerprint density at radius 2 is 2.00 bits per heavy atom. The van der Waals surface area contributed by atoms with Gasteiger partial charge in [0.25, 0.3) is 0 Å². The van der Waals surface area contributed by atoms with Crippen molar-refractivity contribution in [1.82, 2.24) is 9.78 Å². The lowest BCUT2D eigenvalue weighted by atomic mass is 10.2. The van der Waals surface area contributed by atoms with Crippen LogP contribution in [-0.2, 0) is 0 Å². The first kappa shape index (κ1) is 10.4. The molecule has 0 amide bonds. The number of rotatable bonds is 2. The van der Waals surface area contributed by atoms with E-state index < -0.39 is 0 Å². The fourth-order valence-electron chi connectivity index (χ4n) is 1.56. The molecule has 0 aliphatic heterocycles. The molecule has 0 bridgehead atoms. The van der Waals surface area contributed by atoms with Crippen LogP contribution in [-0.4, -0.2) is 16.9 Å². The van der Waals surface area contributed by atoms with Gasteiger partial charge in [-0.1, -0.05) is 0 Å². The van der Waals surface area contributed by atoms with E-state index in [1.165, 1.54) is 0 Å². The zero-order chi connectivity index (χ0) is 11.7. The highest BCUT2D eigenvalue weighted by molar-refractivity contribution is 5.62. The van der Waals surface area contributed by atoms with Crippen molar-refractivity contribution in [1.29, 1.82) is 0 Å². The predicted octanol–water partition coefficient (Wildman–Crippen LogP) is 1.35. The lowest BCUT2D eigenvalue weighted by Gasteiger charge is -2.09. The van der Waals surface area contributed by atoms with Crippen LogP contribution in [0.15, 0.2) is 24.3 Å². The molecule has 5 heteroatoms. The third kappa shape index (κ3) is 1.67. The Balaban J connectivity index is 2.52. The highest BCUT2D eigenvalue weighted by Gasteiger charge is 2.08. The van der Waals surface area contributed by atoms with Crippen molar-refractivity contribution in [2.75, 3.05) is 18.6 Å². The maximum absolute atomic E-state index is 5.91. The van der Waals surface area contributed by atoms with Crippen LogP contribution in [0.3, 0.4) is 0 Å². The molecule has 4 N–H and O–H groups in total. The van der Waals surface area contributed by atoms with E-state index in [2.05, 4.69) is 5.10 Å². The molecule has 0 fully saturated rings. The Kier molecular flexibility index (Phi) is 2.44. The molecule has 0 unspecified atom stereocenters. The number of hydrogen-bond donors (Lipinski definition) is 2. The van der Waals surface area contributed by atoms with Crippen molar-refractivity contribution in [3.8, 4) is 11.4 Å². The lowest BCUT2D eigenvalue weighted by Crippen LogP contribution is -2.05. The molecule has 2 aromatic rings. The first-order valence-corrected chi connectivity index (χ1v) is 4.88. The average molecular weight is 218 g/mol. The van der Waals surface area contributed by atoms with Gasteiger partial charge in [0.05, 0.1) is 24.2 Å². The summed E-state index contributed by atoms with van der Waals surface area (Å²) in [7, 11) is 1.60. The zero-order valence-electron chi connectivity index (χ0n) is 9.27. The molecule has 1 aromatic carbocycles. The van der Waals surface area contributed by atoms with Gasteiger partial charge < -0.3 is 16.2 Å². The van der Waals surface area contributed by atoms with Crippen LogP contribution in [0.2, 0.25) is 0 Å². The number of nitrogens with two attached hydrogens (primary N) is 2. The first-order valence-electron chi connectivity index (χ1n) is 4.88. The number of benzene rings is 1. The van der Waals surface area contributed by atoms with Crippen LogP contribution < -0.4 is 16.2 Å². The summed E-state index contributed by atoms with van der Waals surface area (Å²) in [5, 5.41) is 4.27. The minimum Gasteiger partial charge on any atom is -0.497 e. The molecule has 0 saturated heterocycles. The normalized spacial score (nSPS) is 10.4. The Morgan fingerprint density at radius 1 is 1.25 bits per heavy atom. The summed E-state index contributed by atoms with van der Waals surface area (Å²) in [6.45, 7) is 1.88. The second-order valence-electron chi connectivity index (χ2n) is 3.55. The second-order valence-corrected chi connectivity index (χ2v) is 3.55. The number of hydrogen-bond acceptors (Lipinski definition) is 4. The molecular formula is C11H14N4O. The van der Waals surface area contributed by atoms with Crippen molar-refractivity contribution in [3.05, 3.63) is 30.0 Å². The Morgan fingerprint density at radius 3 is 2.50 bits per heavy atom. The summed E-state index contributed by atoms with van der Waals surface area (Å²) in [5.74, 6) is 1.28. The molecule has 0 aliphatic carbocycles. The van der Waals surface area contributed by atoms with Gasteiger partial charge in [0.1, 0.15) is 11.6 Å². The Hall–Kier alpha value is -2.17. The van der Waals surface area contributed by atoms with Gasteiger partial charge >= 0.3 is 0 Å². The molecular weight excluding hydrogens is 204 g/mol. The Labute approximate surface area is 93.6 Å². The van der Waals surface area contributed by atoms with Gasteiger partial charge in [-0.2, -0.15) is 5.10 Å². The summed E-state index contributed by atoms with van der Waals surface area (Å²) in [6, 6.07) is 7.19. The smallest absolute Gasteiger partial charge is 0.127 e. The Bertz CT molecular complexity index is 519. The summed E-state index contributed by atoms with van der Waals surface area (Å²) < 4.78 is 6.70. The van der Waals surface area contributed by atoms with E-state index in [-0.39, 0.29) is 0 Å². The molecule has 1 heterocycles. The van der Waals surface area contributed by atoms with Crippen LogP contribution >= 0.6 is 0 Å². The number of methoxy groups -OCH3 is 1. The molecule has 0 radical (unpaired) electrons. The van der Waals surface area contributed by atoms with Crippen LogP contribution in [0.25, 0.3) is 5.69 Å². The molecule has 16 heavy (non-hydrogen) atoms. The fraction of sp³-hybridized carbons (Fsp3) is 0.182. The molecule has 5 nitrogen and oxygen atoms in total. The van der Waals surface area contributed by atoms with Crippen molar-refractivity contribution in [2.24, 2.45) is 0 Å². The standard InChI is InChI=1S/C11H14N4O/c1-7-5-11(13)15(14-7)10-4-3-8(16-2)6-9(10)12/h3-6H,12-13H2,1-2H3. The minimum absolute atomic E-state index is 0.564. The number of nitrogens with zero attached hydrogens (tertiary/aromatic N) is 2. The summed E-state index contributed by atoms with van der Waals surface area (Å²) in [4.78, 5) is 0. The van der Waals surface area contributed by atoms with Crippen molar-refractivity contribution >= 4 is 11.5 Å². The molecule has 0 aliphatic rings. The van der Waals surface area contributed by atoms with Crippen molar-refractivity contribution in [3.63, 3.8) is 0 Å². The number of ether oxygens (including phenoxy) is 1. The van der Waals surface area contributed by atoms with Crippen LogP contribution in [0, 0.1) is 6.92 Å². The third-order valence-electron chi connectivity index (χ3n) is 2.32. The van der Waals surface area contributed by atoms with E-state index in [0.29, 0.717) is 17.3 Å².